The Hall–Kier alpha value is -2.78. The molecule has 0 aliphatic carbocycles. The van der Waals surface area contributed by atoms with E-state index < -0.39 is 11.7 Å². The van der Waals surface area contributed by atoms with Gasteiger partial charge in [-0.1, -0.05) is 11.6 Å². The molecule has 2 N–H and O–H groups in total. The number of benzene rings is 2. The molecule has 0 amide bonds. The van der Waals surface area contributed by atoms with Gasteiger partial charge < -0.3 is 15.4 Å². The molecule has 1 aromatic heterocycles. The van der Waals surface area contributed by atoms with E-state index >= 15 is 0 Å². The van der Waals surface area contributed by atoms with Crippen molar-refractivity contribution in [2.24, 2.45) is 5.41 Å². The molecule has 0 bridgehead atoms. The number of alkyl halides is 3. The molecule has 6 nitrogen and oxygen atoms in total. The molecule has 0 spiro atoms. The molecule has 30 heavy (non-hydrogen) atoms. The third-order valence-corrected chi connectivity index (χ3v) is 5.14. The van der Waals surface area contributed by atoms with Crippen LogP contribution < -0.4 is 10.6 Å². The molecule has 1 aliphatic rings. The number of halogens is 4. The fourth-order valence-corrected chi connectivity index (χ4v) is 3.42. The predicted molar refractivity (Wildman–Crippen MR) is 108 cm³/mol. The molecule has 1 aliphatic heterocycles. The number of ether oxygens (including phenoxy) is 1. The lowest BCUT2D eigenvalue weighted by atomic mass is 9.85. The minimum Gasteiger partial charge on any atom is -0.384 e. The molecule has 1 fully saturated rings. The molecular weight excluding hydrogens is 419 g/mol. The Balaban J connectivity index is 1.51. The average molecular weight is 438 g/mol. The average Bonchev–Trinajstić information content (AvgIpc) is 3.18. The van der Waals surface area contributed by atoms with Gasteiger partial charge in [0.2, 0.25) is 0 Å². The van der Waals surface area contributed by atoms with Crippen molar-refractivity contribution < 1.29 is 17.9 Å². The molecule has 1 saturated heterocycles. The van der Waals surface area contributed by atoms with Crippen molar-refractivity contribution in [2.45, 2.75) is 12.7 Å². The largest absolute Gasteiger partial charge is 0.418 e. The van der Waals surface area contributed by atoms with Crippen molar-refractivity contribution in [3.63, 3.8) is 0 Å². The van der Waals surface area contributed by atoms with Crippen LogP contribution in [0.5, 0.6) is 0 Å². The number of rotatable bonds is 7. The Morgan fingerprint density at radius 2 is 1.83 bits per heavy atom. The van der Waals surface area contributed by atoms with Gasteiger partial charge in [-0.25, -0.2) is 4.98 Å². The molecule has 2 aromatic carbocycles. The number of nitrogens with zero attached hydrogens (tertiary/aromatic N) is 3. The van der Waals surface area contributed by atoms with Crippen LogP contribution in [0.3, 0.4) is 0 Å². The highest BCUT2D eigenvalue weighted by atomic mass is 35.5. The quantitative estimate of drug-likeness (QED) is 0.554. The van der Waals surface area contributed by atoms with Gasteiger partial charge in [0.1, 0.15) is 12.7 Å². The first-order chi connectivity index (χ1) is 14.3. The van der Waals surface area contributed by atoms with Crippen molar-refractivity contribution in [2.75, 3.05) is 30.4 Å². The van der Waals surface area contributed by atoms with Crippen molar-refractivity contribution in [3.05, 3.63) is 65.7 Å². The monoisotopic (exact) mass is 437 g/mol. The molecule has 158 valence electrons. The highest BCUT2D eigenvalue weighted by Crippen LogP contribution is 2.38. The number of anilines is 3. The first kappa shape index (κ1) is 20.5. The summed E-state index contributed by atoms with van der Waals surface area (Å²) in [5.74, 6) is 0. The maximum atomic E-state index is 13.7. The SMILES string of the molecule is FC(F)(F)c1cc(Nc2ccc(Cl)cc2)ccc1NCC1(Cn2cncn2)COC1. The molecule has 4 rings (SSSR count). The summed E-state index contributed by atoms with van der Waals surface area (Å²) in [5, 5.41) is 10.6. The molecule has 10 heteroatoms. The molecule has 0 atom stereocenters. The van der Waals surface area contributed by atoms with Crippen molar-refractivity contribution >= 4 is 28.7 Å². The third kappa shape index (κ3) is 4.68. The van der Waals surface area contributed by atoms with Gasteiger partial charge in [0.15, 0.2) is 0 Å². The Labute approximate surface area is 176 Å². The van der Waals surface area contributed by atoms with Crippen molar-refractivity contribution in [1.82, 2.24) is 14.8 Å². The van der Waals surface area contributed by atoms with E-state index in [2.05, 4.69) is 20.7 Å². The van der Waals surface area contributed by atoms with Gasteiger partial charge in [-0.2, -0.15) is 18.3 Å². The molecular formula is C20H19ClF3N5O. The highest BCUT2D eigenvalue weighted by Gasteiger charge is 2.40. The summed E-state index contributed by atoms with van der Waals surface area (Å²) in [6, 6.07) is 10.9. The molecule has 2 heterocycles. The second kappa shape index (κ2) is 8.16. The van der Waals surface area contributed by atoms with Crippen LogP contribution in [0.25, 0.3) is 0 Å². The molecule has 0 saturated carbocycles. The Morgan fingerprint density at radius 3 is 2.43 bits per heavy atom. The van der Waals surface area contributed by atoms with Crippen LogP contribution in [0.2, 0.25) is 5.02 Å². The van der Waals surface area contributed by atoms with E-state index in [1.54, 1.807) is 41.3 Å². The number of hydrogen-bond donors (Lipinski definition) is 2. The predicted octanol–water partition coefficient (Wildman–Crippen LogP) is 4.82. The first-order valence-electron chi connectivity index (χ1n) is 9.21. The van der Waals surface area contributed by atoms with E-state index in [-0.39, 0.29) is 11.1 Å². The van der Waals surface area contributed by atoms with E-state index in [0.29, 0.717) is 42.7 Å². The van der Waals surface area contributed by atoms with Crippen molar-refractivity contribution in [3.8, 4) is 0 Å². The van der Waals surface area contributed by atoms with Gasteiger partial charge in [0.05, 0.1) is 30.7 Å². The second-order valence-electron chi connectivity index (χ2n) is 7.33. The Kier molecular flexibility index (Phi) is 5.57. The molecule has 0 radical (unpaired) electrons. The lowest BCUT2D eigenvalue weighted by molar-refractivity contribution is -0.137. The number of nitrogens with one attached hydrogen (secondary N) is 2. The molecule has 3 aromatic rings. The smallest absolute Gasteiger partial charge is 0.384 e. The zero-order valence-electron chi connectivity index (χ0n) is 15.8. The Morgan fingerprint density at radius 1 is 1.10 bits per heavy atom. The van der Waals surface area contributed by atoms with Crippen LogP contribution in [0, 0.1) is 5.41 Å². The van der Waals surface area contributed by atoms with Gasteiger partial charge >= 0.3 is 6.18 Å². The highest BCUT2D eigenvalue weighted by molar-refractivity contribution is 6.30. The summed E-state index contributed by atoms with van der Waals surface area (Å²) in [6.45, 7) is 1.71. The van der Waals surface area contributed by atoms with Gasteiger partial charge in [-0.15, -0.1) is 0 Å². The van der Waals surface area contributed by atoms with Crippen LogP contribution in [0.15, 0.2) is 55.1 Å². The Bertz CT molecular complexity index is 989. The summed E-state index contributed by atoms with van der Waals surface area (Å²) in [4.78, 5) is 3.91. The van der Waals surface area contributed by atoms with Gasteiger partial charge in [0, 0.05) is 28.6 Å². The van der Waals surface area contributed by atoms with E-state index in [9.17, 15) is 13.2 Å². The fraction of sp³-hybridized carbons (Fsp3) is 0.300. The van der Waals surface area contributed by atoms with Crippen LogP contribution in [-0.2, 0) is 17.5 Å². The minimum absolute atomic E-state index is 0.0222. The normalized spacial score (nSPS) is 15.5. The van der Waals surface area contributed by atoms with Gasteiger partial charge in [-0.05, 0) is 42.5 Å². The van der Waals surface area contributed by atoms with Crippen LogP contribution in [0.1, 0.15) is 5.56 Å². The van der Waals surface area contributed by atoms with Crippen molar-refractivity contribution in [1.29, 1.82) is 0 Å². The van der Waals surface area contributed by atoms with Gasteiger partial charge in [-0.3, -0.25) is 4.68 Å². The summed E-state index contributed by atoms with van der Waals surface area (Å²) >= 11 is 5.85. The summed E-state index contributed by atoms with van der Waals surface area (Å²) < 4.78 is 48.1. The standard InChI is InChI=1S/C20H19ClF3N5O/c21-14-1-3-15(4-2-14)28-16-5-6-18(17(7-16)20(22,23)24)26-8-19(10-30-11-19)9-29-13-25-12-27-29/h1-7,12-13,26,28H,8-11H2. The maximum Gasteiger partial charge on any atom is 0.418 e. The summed E-state index contributed by atoms with van der Waals surface area (Å²) in [7, 11) is 0. The molecule has 0 unspecified atom stereocenters. The lowest BCUT2D eigenvalue weighted by Gasteiger charge is -2.41. The number of hydrogen-bond acceptors (Lipinski definition) is 5. The summed E-state index contributed by atoms with van der Waals surface area (Å²) in [6.07, 6.45) is -1.50. The zero-order valence-corrected chi connectivity index (χ0v) is 16.5. The second-order valence-corrected chi connectivity index (χ2v) is 7.77. The topological polar surface area (TPSA) is 64.0 Å². The fourth-order valence-electron chi connectivity index (χ4n) is 3.29. The summed E-state index contributed by atoms with van der Waals surface area (Å²) in [5.41, 5.74) is -0.0747. The lowest BCUT2D eigenvalue weighted by Crippen LogP contribution is -2.50. The van der Waals surface area contributed by atoms with Gasteiger partial charge in [0.25, 0.3) is 0 Å². The van der Waals surface area contributed by atoms with E-state index in [1.807, 2.05) is 0 Å². The first-order valence-corrected chi connectivity index (χ1v) is 9.59. The third-order valence-electron chi connectivity index (χ3n) is 4.89. The number of aromatic nitrogens is 3. The maximum absolute atomic E-state index is 13.7. The minimum atomic E-state index is -4.50. The van der Waals surface area contributed by atoms with E-state index in [1.165, 1.54) is 12.4 Å². The van der Waals surface area contributed by atoms with Crippen LogP contribution >= 0.6 is 11.6 Å². The van der Waals surface area contributed by atoms with Crippen LogP contribution in [-0.4, -0.2) is 34.5 Å². The zero-order chi connectivity index (χ0) is 21.2. The van der Waals surface area contributed by atoms with E-state index in [0.717, 1.165) is 6.07 Å². The van der Waals surface area contributed by atoms with Crippen LogP contribution in [0.4, 0.5) is 30.2 Å². The van der Waals surface area contributed by atoms with E-state index in [4.69, 9.17) is 16.3 Å².